The molecule has 0 atom stereocenters. The molecule has 0 aliphatic carbocycles. The molecule has 6 heteroatoms. The molecule has 0 bridgehead atoms. The van der Waals surface area contributed by atoms with Gasteiger partial charge >= 0.3 is 12.0 Å². The Hall–Kier alpha value is -2.55. The number of hydrogen-bond acceptors (Lipinski definition) is 3. The van der Waals surface area contributed by atoms with Gasteiger partial charge in [-0.1, -0.05) is 6.07 Å². The molecule has 0 saturated carbocycles. The molecule has 0 fully saturated rings. The largest absolute Gasteiger partial charge is 0.481 e. The van der Waals surface area contributed by atoms with Crippen LogP contribution in [0.25, 0.3) is 0 Å². The summed E-state index contributed by atoms with van der Waals surface area (Å²) in [4.78, 5) is 21.9. The van der Waals surface area contributed by atoms with Crippen LogP contribution >= 0.6 is 0 Å². The molecule has 0 saturated heterocycles. The third-order valence-electron chi connectivity index (χ3n) is 2.72. The maximum Gasteiger partial charge on any atom is 0.319 e. The first kappa shape index (κ1) is 15.5. The highest BCUT2D eigenvalue weighted by Crippen LogP contribution is 2.16. The van der Waals surface area contributed by atoms with Crippen molar-refractivity contribution >= 4 is 17.7 Å². The number of amides is 2. The molecule has 0 heterocycles. The number of carboxylic acids is 1. The molecule has 1 aromatic rings. The van der Waals surface area contributed by atoms with Crippen molar-refractivity contribution in [2.75, 3.05) is 11.9 Å². The van der Waals surface area contributed by atoms with Gasteiger partial charge in [0.25, 0.3) is 0 Å². The van der Waals surface area contributed by atoms with E-state index in [1.54, 1.807) is 18.2 Å². The van der Waals surface area contributed by atoms with Crippen LogP contribution in [-0.4, -0.2) is 23.7 Å². The summed E-state index contributed by atoms with van der Waals surface area (Å²) in [7, 11) is 0. The zero-order valence-corrected chi connectivity index (χ0v) is 11.3. The van der Waals surface area contributed by atoms with E-state index < -0.39 is 5.97 Å². The first-order valence-electron chi connectivity index (χ1n) is 6.30. The fourth-order valence-electron chi connectivity index (χ4n) is 1.60. The van der Waals surface area contributed by atoms with Crippen LogP contribution in [0.15, 0.2) is 18.2 Å². The average molecular weight is 275 g/mol. The third kappa shape index (κ3) is 5.40. The second kappa shape index (κ2) is 7.79. The lowest BCUT2D eigenvalue weighted by Crippen LogP contribution is -2.29. The van der Waals surface area contributed by atoms with E-state index in [9.17, 15) is 9.59 Å². The lowest BCUT2D eigenvalue weighted by molar-refractivity contribution is -0.137. The Morgan fingerprint density at radius 1 is 1.35 bits per heavy atom. The highest BCUT2D eigenvalue weighted by molar-refractivity contribution is 5.90. The highest BCUT2D eigenvalue weighted by atomic mass is 16.4. The van der Waals surface area contributed by atoms with Gasteiger partial charge in [0.05, 0.1) is 11.6 Å². The van der Waals surface area contributed by atoms with Crippen molar-refractivity contribution in [3.8, 4) is 6.07 Å². The lowest BCUT2D eigenvalue weighted by atomic mass is 10.1. The summed E-state index contributed by atoms with van der Waals surface area (Å²) in [5.74, 6) is -0.835. The zero-order valence-electron chi connectivity index (χ0n) is 11.3. The molecule has 3 N–H and O–H groups in total. The monoisotopic (exact) mass is 275 g/mol. The summed E-state index contributed by atoms with van der Waals surface area (Å²) in [6.07, 6.45) is 1.24. The van der Waals surface area contributed by atoms with Gasteiger partial charge in [0, 0.05) is 18.7 Å². The Kier molecular flexibility index (Phi) is 6.04. The van der Waals surface area contributed by atoms with Gasteiger partial charge < -0.3 is 15.7 Å². The fourth-order valence-corrected chi connectivity index (χ4v) is 1.60. The van der Waals surface area contributed by atoms with E-state index in [4.69, 9.17) is 10.4 Å². The van der Waals surface area contributed by atoms with Crippen LogP contribution in [0.3, 0.4) is 0 Å². The number of urea groups is 1. The zero-order chi connectivity index (χ0) is 15.0. The number of carbonyl (C=O) groups excluding carboxylic acids is 1. The van der Waals surface area contributed by atoms with Crippen molar-refractivity contribution in [1.82, 2.24) is 5.32 Å². The van der Waals surface area contributed by atoms with Crippen molar-refractivity contribution in [3.05, 3.63) is 29.3 Å². The maximum absolute atomic E-state index is 11.6. The van der Waals surface area contributed by atoms with Crippen molar-refractivity contribution in [3.63, 3.8) is 0 Å². The second-order valence-corrected chi connectivity index (χ2v) is 4.37. The Morgan fingerprint density at radius 2 is 2.10 bits per heavy atom. The first-order valence-corrected chi connectivity index (χ1v) is 6.30. The first-order chi connectivity index (χ1) is 9.52. The summed E-state index contributed by atoms with van der Waals surface area (Å²) in [5, 5.41) is 22.6. The number of nitrogens with zero attached hydrogens (tertiary/aromatic N) is 1. The summed E-state index contributed by atoms with van der Waals surface area (Å²) >= 11 is 0. The predicted octanol–water partition coefficient (Wildman–Crippen LogP) is 2.24. The molecular weight excluding hydrogens is 258 g/mol. The predicted molar refractivity (Wildman–Crippen MR) is 74.4 cm³/mol. The smallest absolute Gasteiger partial charge is 0.319 e. The molecule has 1 aromatic carbocycles. The molecule has 6 nitrogen and oxygen atoms in total. The minimum absolute atomic E-state index is 0.104. The Morgan fingerprint density at radius 3 is 2.75 bits per heavy atom. The number of carboxylic acid groups (broad SMARTS) is 1. The van der Waals surface area contributed by atoms with Crippen LogP contribution in [0, 0.1) is 18.3 Å². The van der Waals surface area contributed by atoms with Gasteiger partial charge in [-0.15, -0.1) is 0 Å². The van der Waals surface area contributed by atoms with Crippen molar-refractivity contribution in [2.45, 2.75) is 26.2 Å². The van der Waals surface area contributed by atoms with Crippen molar-refractivity contribution < 1.29 is 14.7 Å². The molecule has 0 aliphatic heterocycles. The quantitative estimate of drug-likeness (QED) is 0.693. The topological polar surface area (TPSA) is 102 Å². The second-order valence-electron chi connectivity index (χ2n) is 4.37. The molecular formula is C14H17N3O3. The van der Waals surface area contributed by atoms with Crippen LogP contribution in [0.2, 0.25) is 0 Å². The van der Waals surface area contributed by atoms with Crippen molar-refractivity contribution in [1.29, 1.82) is 5.26 Å². The molecule has 0 radical (unpaired) electrons. The van der Waals surface area contributed by atoms with Gasteiger partial charge in [-0.05, 0) is 37.5 Å². The number of hydrogen-bond donors (Lipinski definition) is 3. The third-order valence-corrected chi connectivity index (χ3v) is 2.72. The number of nitrogens with one attached hydrogen (secondary N) is 2. The van der Waals surface area contributed by atoms with E-state index in [1.807, 2.05) is 13.0 Å². The Bertz CT molecular complexity index is 535. The molecule has 20 heavy (non-hydrogen) atoms. The minimum atomic E-state index is -0.835. The minimum Gasteiger partial charge on any atom is -0.481 e. The average Bonchev–Trinajstić information content (AvgIpc) is 2.40. The van der Waals surface area contributed by atoms with Crippen molar-refractivity contribution in [2.24, 2.45) is 0 Å². The lowest BCUT2D eigenvalue weighted by Gasteiger charge is -2.10. The van der Waals surface area contributed by atoms with Crippen LogP contribution < -0.4 is 10.6 Å². The van der Waals surface area contributed by atoms with Crippen LogP contribution in [0.1, 0.15) is 30.4 Å². The number of carbonyl (C=O) groups is 2. The SMILES string of the molecule is Cc1ccc(C#N)cc1NC(=O)NCCCCC(=O)O. The molecule has 0 aliphatic rings. The maximum atomic E-state index is 11.6. The fraction of sp³-hybridized carbons (Fsp3) is 0.357. The molecule has 0 unspecified atom stereocenters. The van der Waals surface area contributed by atoms with Gasteiger partial charge in [0.15, 0.2) is 0 Å². The normalized spacial score (nSPS) is 9.60. The van der Waals surface area contributed by atoms with Crippen LogP contribution in [0.5, 0.6) is 0 Å². The van der Waals surface area contributed by atoms with Gasteiger partial charge in [-0.25, -0.2) is 4.79 Å². The standard InChI is InChI=1S/C14H17N3O3/c1-10-5-6-11(9-15)8-12(10)17-14(20)16-7-3-2-4-13(18)19/h5-6,8H,2-4,7H2,1H3,(H,18,19)(H2,16,17,20). The number of rotatable bonds is 6. The number of benzene rings is 1. The number of unbranched alkanes of at least 4 members (excludes halogenated alkanes) is 1. The number of aliphatic carboxylic acids is 1. The Labute approximate surface area is 117 Å². The number of nitriles is 1. The van der Waals surface area contributed by atoms with E-state index in [-0.39, 0.29) is 12.5 Å². The van der Waals surface area contributed by atoms with Gasteiger partial charge in [0.2, 0.25) is 0 Å². The Balaban J connectivity index is 2.39. The summed E-state index contributed by atoms with van der Waals surface area (Å²) < 4.78 is 0. The molecule has 2 amide bonds. The number of aryl methyl sites for hydroxylation is 1. The highest BCUT2D eigenvalue weighted by Gasteiger charge is 2.05. The van der Waals surface area contributed by atoms with E-state index in [2.05, 4.69) is 10.6 Å². The molecule has 0 aromatic heterocycles. The van der Waals surface area contributed by atoms with E-state index >= 15 is 0 Å². The molecule has 0 spiro atoms. The van der Waals surface area contributed by atoms with Gasteiger partial charge in [0.1, 0.15) is 0 Å². The van der Waals surface area contributed by atoms with Crippen LogP contribution in [0.4, 0.5) is 10.5 Å². The van der Waals surface area contributed by atoms with Gasteiger partial charge in [-0.2, -0.15) is 5.26 Å². The summed E-state index contributed by atoms with van der Waals surface area (Å²) in [6.45, 7) is 2.25. The summed E-state index contributed by atoms with van der Waals surface area (Å²) in [5.41, 5.74) is 1.93. The van der Waals surface area contributed by atoms with Gasteiger partial charge in [-0.3, -0.25) is 4.79 Å². The van der Waals surface area contributed by atoms with E-state index in [1.165, 1.54) is 0 Å². The molecule has 1 rings (SSSR count). The van der Waals surface area contributed by atoms with Crippen LogP contribution in [-0.2, 0) is 4.79 Å². The van der Waals surface area contributed by atoms with E-state index in [0.717, 1.165) is 5.56 Å². The van der Waals surface area contributed by atoms with E-state index in [0.29, 0.717) is 30.6 Å². The number of anilines is 1. The molecule has 106 valence electrons. The summed E-state index contributed by atoms with van der Waals surface area (Å²) in [6, 6.07) is 6.71.